The molecule has 9 heteroatoms. The number of fused-ring (bicyclic) bond motifs is 1. The summed E-state index contributed by atoms with van der Waals surface area (Å²) in [5, 5.41) is 2.47. The lowest BCUT2D eigenvalue weighted by atomic mass is 10.2. The standard InChI is InChI=1S/C13H12F3N3O2S/c1-19-11(21)8-4-2-3-5-9(8)18-12(19)22-6-10(20)17-7-13(14,15)16/h2-5H,6-7H2,1H3,(H,17,20). The summed E-state index contributed by atoms with van der Waals surface area (Å²) in [7, 11) is 1.50. The quantitative estimate of drug-likeness (QED) is 0.684. The number of alkyl halides is 3. The third-order valence-electron chi connectivity index (χ3n) is 2.76. The van der Waals surface area contributed by atoms with Gasteiger partial charge in [0.15, 0.2) is 5.16 Å². The Labute approximate surface area is 127 Å². The smallest absolute Gasteiger partial charge is 0.346 e. The fourth-order valence-electron chi connectivity index (χ4n) is 1.71. The summed E-state index contributed by atoms with van der Waals surface area (Å²) in [4.78, 5) is 27.7. The number of benzene rings is 1. The Kier molecular flexibility index (Phi) is 4.74. The second kappa shape index (κ2) is 6.39. The van der Waals surface area contributed by atoms with Crippen molar-refractivity contribution in [3.8, 4) is 0 Å². The van der Waals surface area contributed by atoms with E-state index < -0.39 is 18.6 Å². The Balaban J connectivity index is 2.10. The Hall–Kier alpha value is -2.03. The van der Waals surface area contributed by atoms with Crippen molar-refractivity contribution in [2.45, 2.75) is 11.3 Å². The number of aromatic nitrogens is 2. The highest BCUT2D eigenvalue weighted by Crippen LogP contribution is 2.17. The first kappa shape index (κ1) is 16.3. The molecule has 0 aliphatic heterocycles. The zero-order valence-corrected chi connectivity index (χ0v) is 12.3. The van der Waals surface area contributed by atoms with E-state index in [-0.39, 0.29) is 16.5 Å². The molecule has 1 N–H and O–H groups in total. The minimum atomic E-state index is -4.45. The average molecular weight is 331 g/mol. The molecule has 0 fully saturated rings. The number of halogens is 3. The number of hydrogen-bond donors (Lipinski definition) is 1. The van der Waals surface area contributed by atoms with Crippen LogP contribution in [0.2, 0.25) is 0 Å². The van der Waals surface area contributed by atoms with Gasteiger partial charge in [-0.25, -0.2) is 4.98 Å². The summed E-state index contributed by atoms with van der Waals surface area (Å²) >= 11 is 0.907. The van der Waals surface area contributed by atoms with Crippen molar-refractivity contribution in [3.05, 3.63) is 34.6 Å². The van der Waals surface area contributed by atoms with E-state index in [1.54, 1.807) is 29.6 Å². The Morgan fingerprint density at radius 3 is 2.73 bits per heavy atom. The van der Waals surface area contributed by atoms with Crippen LogP contribution < -0.4 is 10.9 Å². The number of carbonyl (C=O) groups is 1. The van der Waals surface area contributed by atoms with Gasteiger partial charge in [-0.3, -0.25) is 14.2 Å². The van der Waals surface area contributed by atoms with Crippen LogP contribution in [0.3, 0.4) is 0 Å². The SMILES string of the molecule is Cn1c(SCC(=O)NCC(F)(F)F)nc2ccccc2c1=O. The molecule has 0 bridgehead atoms. The highest BCUT2D eigenvalue weighted by Gasteiger charge is 2.27. The van der Waals surface area contributed by atoms with Gasteiger partial charge in [-0.15, -0.1) is 0 Å². The lowest BCUT2D eigenvalue weighted by Gasteiger charge is -2.10. The maximum absolute atomic E-state index is 12.1. The number of thioether (sulfide) groups is 1. The summed E-state index contributed by atoms with van der Waals surface area (Å²) in [6, 6.07) is 6.72. The third kappa shape index (κ3) is 4.00. The van der Waals surface area contributed by atoms with E-state index in [0.29, 0.717) is 10.9 Å². The van der Waals surface area contributed by atoms with Gasteiger partial charge < -0.3 is 5.32 Å². The first-order valence-corrected chi connectivity index (χ1v) is 7.18. The molecule has 0 spiro atoms. The molecule has 0 saturated heterocycles. The first-order chi connectivity index (χ1) is 10.3. The van der Waals surface area contributed by atoms with Crippen LogP contribution in [0.25, 0.3) is 10.9 Å². The summed E-state index contributed by atoms with van der Waals surface area (Å²) in [6.45, 7) is -1.38. The predicted molar refractivity (Wildman–Crippen MR) is 76.8 cm³/mol. The van der Waals surface area contributed by atoms with E-state index in [2.05, 4.69) is 4.98 Å². The van der Waals surface area contributed by atoms with Crippen LogP contribution >= 0.6 is 11.8 Å². The normalized spacial score (nSPS) is 11.6. The van der Waals surface area contributed by atoms with Gasteiger partial charge in [0.2, 0.25) is 5.91 Å². The molecule has 0 atom stereocenters. The minimum Gasteiger partial charge on any atom is -0.346 e. The Morgan fingerprint density at radius 1 is 1.36 bits per heavy atom. The fraction of sp³-hybridized carbons (Fsp3) is 0.308. The van der Waals surface area contributed by atoms with Crippen LogP contribution in [0, 0.1) is 0 Å². The summed E-state index contributed by atoms with van der Waals surface area (Å²) < 4.78 is 37.2. The summed E-state index contributed by atoms with van der Waals surface area (Å²) in [5.41, 5.74) is 0.201. The van der Waals surface area contributed by atoms with Gasteiger partial charge in [-0.1, -0.05) is 23.9 Å². The third-order valence-corrected chi connectivity index (χ3v) is 3.79. The Morgan fingerprint density at radius 2 is 2.05 bits per heavy atom. The van der Waals surface area contributed by atoms with Crippen LogP contribution in [0.5, 0.6) is 0 Å². The highest BCUT2D eigenvalue weighted by molar-refractivity contribution is 7.99. The van der Waals surface area contributed by atoms with E-state index in [0.717, 1.165) is 11.8 Å². The van der Waals surface area contributed by atoms with Gasteiger partial charge in [0.25, 0.3) is 5.56 Å². The van der Waals surface area contributed by atoms with E-state index in [1.165, 1.54) is 11.6 Å². The molecular formula is C13H12F3N3O2S. The lowest BCUT2D eigenvalue weighted by molar-refractivity contribution is -0.136. The largest absolute Gasteiger partial charge is 0.405 e. The zero-order valence-electron chi connectivity index (χ0n) is 11.5. The molecule has 0 aliphatic rings. The highest BCUT2D eigenvalue weighted by atomic mass is 32.2. The number of para-hydroxylation sites is 1. The van der Waals surface area contributed by atoms with Crippen molar-refractivity contribution < 1.29 is 18.0 Å². The first-order valence-electron chi connectivity index (χ1n) is 6.20. The van der Waals surface area contributed by atoms with Gasteiger partial charge in [-0.2, -0.15) is 13.2 Å². The number of hydrogen-bond acceptors (Lipinski definition) is 4. The van der Waals surface area contributed by atoms with Crippen LogP contribution in [-0.4, -0.2) is 33.9 Å². The molecule has 2 rings (SSSR count). The molecule has 2 aromatic rings. The molecular weight excluding hydrogens is 319 g/mol. The molecule has 5 nitrogen and oxygen atoms in total. The maximum Gasteiger partial charge on any atom is 0.405 e. The van der Waals surface area contributed by atoms with Crippen LogP contribution in [-0.2, 0) is 11.8 Å². The molecule has 0 unspecified atom stereocenters. The monoisotopic (exact) mass is 331 g/mol. The molecule has 1 amide bonds. The van der Waals surface area contributed by atoms with Crippen LogP contribution in [0.1, 0.15) is 0 Å². The van der Waals surface area contributed by atoms with Crippen molar-refractivity contribution in [1.82, 2.24) is 14.9 Å². The van der Waals surface area contributed by atoms with Crippen molar-refractivity contribution in [1.29, 1.82) is 0 Å². The number of nitrogens with one attached hydrogen (secondary N) is 1. The molecule has 22 heavy (non-hydrogen) atoms. The Bertz CT molecular complexity index is 758. The number of carbonyl (C=O) groups excluding carboxylic acids is 1. The fourth-order valence-corrected chi connectivity index (χ4v) is 2.51. The van der Waals surface area contributed by atoms with Crippen molar-refractivity contribution >= 4 is 28.6 Å². The van der Waals surface area contributed by atoms with E-state index >= 15 is 0 Å². The molecule has 1 aromatic carbocycles. The molecule has 0 radical (unpaired) electrons. The van der Waals surface area contributed by atoms with Gasteiger partial charge in [-0.05, 0) is 12.1 Å². The topological polar surface area (TPSA) is 64.0 Å². The van der Waals surface area contributed by atoms with Gasteiger partial charge in [0.1, 0.15) is 6.54 Å². The molecule has 1 aromatic heterocycles. The van der Waals surface area contributed by atoms with Gasteiger partial charge in [0, 0.05) is 7.05 Å². The molecule has 118 valence electrons. The van der Waals surface area contributed by atoms with Crippen molar-refractivity contribution in [3.63, 3.8) is 0 Å². The van der Waals surface area contributed by atoms with Gasteiger partial charge >= 0.3 is 6.18 Å². The van der Waals surface area contributed by atoms with E-state index in [4.69, 9.17) is 0 Å². The molecule has 0 saturated carbocycles. The summed E-state index contributed by atoms with van der Waals surface area (Å²) in [6.07, 6.45) is -4.45. The lowest BCUT2D eigenvalue weighted by Crippen LogP contribution is -2.34. The van der Waals surface area contributed by atoms with E-state index in [9.17, 15) is 22.8 Å². The van der Waals surface area contributed by atoms with Crippen LogP contribution in [0.4, 0.5) is 13.2 Å². The maximum atomic E-state index is 12.1. The predicted octanol–water partition coefficient (Wildman–Crippen LogP) is 1.70. The summed E-state index contributed by atoms with van der Waals surface area (Å²) in [5.74, 6) is -1.03. The van der Waals surface area contributed by atoms with Crippen LogP contribution in [0.15, 0.2) is 34.2 Å². The molecule has 0 aliphatic carbocycles. The second-order valence-electron chi connectivity index (χ2n) is 4.46. The minimum absolute atomic E-state index is 0.255. The van der Waals surface area contributed by atoms with E-state index in [1.807, 2.05) is 0 Å². The molecule has 1 heterocycles. The average Bonchev–Trinajstić information content (AvgIpc) is 2.46. The number of nitrogens with zero attached hydrogens (tertiary/aromatic N) is 2. The van der Waals surface area contributed by atoms with Gasteiger partial charge in [0.05, 0.1) is 16.7 Å². The zero-order chi connectivity index (χ0) is 16.3. The number of rotatable bonds is 4. The van der Waals surface area contributed by atoms with Crippen molar-refractivity contribution in [2.24, 2.45) is 7.05 Å². The van der Waals surface area contributed by atoms with Crippen molar-refractivity contribution in [2.75, 3.05) is 12.3 Å². The second-order valence-corrected chi connectivity index (χ2v) is 5.40. The number of amides is 1.